The Hall–Kier alpha value is -2.62. The lowest BCUT2D eigenvalue weighted by Crippen LogP contribution is -2.03. The molecule has 100 valence electrons. The number of hydrogen-bond donors (Lipinski definition) is 2. The molecular formula is C16H16N4. The summed E-state index contributed by atoms with van der Waals surface area (Å²) in [6, 6.07) is 9.88. The minimum absolute atomic E-state index is 0.711. The molecule has 0 aliphatic heterocycles. The zero-order chi connectivity index (χ0) is 13.9. The molecule has 2 aromatic heterocycles. The smallest absolute Gasteiger partial charge is 0.134 e. The second kappa shape index (κ2) is 5.17. The summed E-state index contributed by atoms with van der Waals surface area (Å²) in [5.74, 6) is 0.856. The van der Waals surface area contributed by atoms with E-state index in [4.69, 9.17) is 5.73 Å². The van der Waals surface area contributed by atoms with Crippen LogP contribution in [0, 0.1) is 6.92 Å². The monoisotopic (exact) mass is 264 g/mol. The van der Waals surface area contributed by atoms with Gasteiger partial charge < -0.3 is 11.1 Å². The molecule has 0 unspecified atom stereocenters. The van der Waals surface area contributed by atoms with E-state index in [1.165, 1.54) is 5.56 Å². The van der Waals surface area contributed by atoms with Crippen LogP contribution in [0.4, 0.5) is 11.5 Å². The molecule has 0 fully saturated rings. The molecule has 0 atom stereocenters. The Kier molecular flexibility index (Phi) is 3.21. The molecule has 3 N–H and O–H groups in total. The number of fused-ring (bicyclic) bond motifs is 1. The average Bonchev–Trinajstić information content (AvgIpc) is 2.48. The van der Waals surface area contributed by atoms with Gasteiger partial charge in [0, 0.05) is 41.6 Å². The Morgan fingerprint density at radius 2 is 1.95 bits per heavy atom. The standard InChI is InChI=1S/C16H16N4/c1-11-9-19-16(13-3-2-4-14(17)15(11)13)20-10-12-5-7-18-8-6-12/h2-9H,10,17H2,1H3,(H,19,20). The third-order valence-corrected chi connectivity index (χ3v) is 3.34. The molecule has 4 heteroatoms. The number of nitrogen functional groups attached to an aromatic ring is 1. The molecule has 0 saturated carbocycles. The van der Waals surface area contributed by atoms with E-state index in [1.807, 2.05) is 43.5 Å². The van der Waals surface area contributed by atoms with E-state index in [1.54, 1.807) is 12.4 Å². The van der Waals surface area contributed by atoms with E-state index >= 15 is 0 Å². The molecule has 0 spiro atoms. The van der Waals surface area contributed by atoms with E-state index in [2.05, 4.69) is 15.3 Å². The summed E-state index contributed by atoms with van der Waals surface area (Å²) in [6.45, 7) is 2.74. The van der Waals surface area contributed by atoms with E-state index in [9.17, 15) is 0 Å². The predicted molar refractivity (Wildman–Crippen MR) is 82.5 cm³/mol. The first-order valence-electron chi connectivity index (χ1n) is 6.52. The molecule has 2 heterocycles. The van der Waals surface area contributed by atoms with E-state index in [0.717, 1.165) is 27.8 Å². The quantitative estimate of drug-likeness (QED) is 0.713. The van der Waals surface area contributed by atoms with Crippen LogP contribution in [-0.2, 0) is 6.54 Å². The molecule has 0 aliphatic carbocycles. The lowest BCUT2D eigenvalue weighted by molar-refractivity contribution is 1.10. The highest BCUT2D eigenvalue weighted by Gasteiger charge is 2.07. The first kappa shape index (κ1) is 12.4. The van der Waals surface area contributed by atoms with Crippen LogP contribution >= 0.6 is 0 Å². The lowest BCUT2D eigenvalue weighted by Gasteiger charge is -2.12. The number of hydrogen-bond acceptors (Lipinski definition) is 4. The molecule has 0 radical (unpaired) electrons. The number of nitrogens with zero attached hydrogens (tertiary/aromatic N) is 2. The molecule has 20 heavy (non-hydrogen) atoms. The summed E-state index contributed by atoms with van der Waals surface area (Å²) in [7, 11) is 0. The minimum atomic E-state index is 0.711. The Labute approximate surface area is 117 Å². The number of anilines is 2. The number of nitrogens with two attached hydrogens (primary N) is 1. The second-order valence-corrected chi connectivity index (χ2v) is 4.77. The van der Waals surface area contributed by atoms with Crippen molar-refractivity contribution in [2.24, 2.45) is 0 Å². The van der Waals surface area contributed by atoms with Crippen molar-refractivity contribution in [3.05, 3.63) is 60.0 Å². The maximum Gasteiger partial charge on any atom is 0.134 e. The number of rotatable bonds is 3. The maximum atomic E-state index is 6.07. The molecule has 3 aromatic rings. The van der Waals surface area contributed by atoms with Crippen LogP contribution in [0.25, 0.3) is 10.8 Å². The average molecular weight is 264 g/mol. The zero-order valence-electron chi connectivity index (χ0n) is 11.3. The Morgan fingerprint density at radius 3 is 2.75 bits per heavy atom. The summed E-state index contributed by atoms with van der Waals surface area (Å²) in [5, 5.41) is 5.49. The van der Waals surface area contributed by atoms with Gasteiger partial charge in [-0.25, -0.2) is 4.98 Å². The highest BCUT2D eigenvalue weighted by Crippen LogP contribution is 2.28. The van der Waals surface area contributed by atoms with Gasteiger partial charge in [-0.2, -0.15) is 0 Å². The largest absolute Gasteiger partial charge is 0.398 e. The molecule has 0 aliphatic rings. The molecule has 1 aromatic carbocycles. The fourth-order valence-electron chi connectivity index (χ4n) is 2.33. The number of pyridine rings is 2. The SMILES string of the molecule is Cc1cnc(NCc2ccncc2)c2cccc(N)c12. The molecule has 0 bridgehead atoms. The summed E-state index contributed by atoms with van der Waals surface area (Å²) in [6.07, 6.45) is 5.43. The first-order chi connectivity index (χ1) is 9.75. The van der Waals surface area contributed by atoms with Crippen LogP contribution in [-0.4, -0.2) is 9.97 Å². The summed E-state index contributed by atoms with van der Waals surface area (Å²) in [4.78, 5) is 8.49. The minimum Gasteiger partial charge on any atom is -0.398 e. The molecule has 0 amide bonds. The molecule has 0 saturated heterocycles. The van der Waals surface area contributed by atoms with E-state index in [-0.39, 0.29) is 0 Å². The van der Waals surface area contributed by atoms with Gasteiger partial charge in [0.05, 0.1) is 0 Å². The van der Waals surface area contributed by atoms with Gasteiger partial charge >= 0.3 is 0 Å². The van der Waals surface area contributed by atoms with E-state index < -0.39 is 0 Å². The van der Waals surface area contributed by atoms with Gasteiger partial charge in [0.2, 0.25) is 0 Å². The van der Waals surface area contributed by atoms with Crippen LogP contribution in [0.1, 0.15) is 11.1 Å². The summed E-state index contributed by atoms with van der Waals surface area (Å²) < 4.78 is 0. The highest BCUT2D eigenvalue weighted by atomic mass is 15.0. The normalized spacial score (nSPS) is 10.7. The summed E-state index contributed by atoms with van der Waals surface area (Å²) in [5.41, 5.74) is 9.11. The summed E-state index contributed by atoms with van der Waals surface area (Å²) >= 11 is 0. The van der Waals surface area contributed by atoms with Crippen molar-refractivity contribution in [2.45, 2.75) is 13.5 Å². The topological polar surface area (TPSA) is 63.8 Å². The van der Waals surface area contributed by atoms with Crippen molar-refractivity contribution < 1.29 is 0 Å². The van der Waals surface area contributed by atoms with Crippen LogP contribution < -0.4 is 11.1 Å². The van der Waals surface area contributed by atoms with Gasteiger partial charge in [0.15, 0.2) is 0 Å². The van der Waals surface area contributed by atoms with Gasteiger partial charge in [-0.3, -0.25) is 4.98 Å². The first-order valence-corrected chi connectivity index (χ1v) is 6.52. The zero-order valence-corrected chi connectivity index (χ0v) is 11.3. The van der Waals surface area contributed by atoms with Gasteiger partial charge in [0.1, 0.15) is 5.82 Å². The van der Waals surface area contributed by atoms with Crippen molar-refractivity contribution in [1.29, 1.82) is 0 Å². The third-order valence-electron chi connectivity index (χ3n) is 3.34. The lowest BCUT2D eigenvalue weighted by atomic mass is 10.1. The van der Waals surface area contributed by atoms with Crippen molar-refractivity contribution in [3.8, 4) is 0 Å². The van der Waals surface area contributed by atoms with Gasteiger partial charge in [-0.05, 0) is 36.2 Å². The van der Waals surface area contributed by atoms with Gasteiger partial charge in [0.25, 0.3) is 0 Å². The maximum absolute atomic E-state index is 6.07. The van der Waals surface area contributed by atoms with Crippen molar-refractivity contribution in [3.63, 3.8) is 0 Å². The number of benzene rings is 1. The Balaban J connectivity index is 1.96. The number of nitrogens with one attached hydrogen (secondary N) is 1. The van der Waals surface area contributed by atoms with Crippen molar-refractivity contribution >= 4 is 22.3 Å². The van der Waals surface area contributed by atoms with Crippen LogP contribution in [0.2, 0.25) is 0 Å². The fourth-order valence-corrected chi connectivity index (χ4v) is 2.33. The van der Waals surface area contributed by atoms with E-state index in [0.29, 0.717) is 6.54 Å². The van der Waals surface area contributed by atoms with Crippen LogP contribution in [0.15, 0.2) is 48.9 Å². The molecule has 4 nitrogen and oxygen atoms in total. The predicted octanol–water partition coefficient (Wildman–Crippen LogP) is 3.13. The molecule has 3 rings (SSSR count). The van der Waals surface area contributed by atoms with Crippen molar-refractivity contribution in [2.75, 3.05) is 11.1 Å². The van der Waals surface area contributed by atoms with Crippen LogP contribution in [0.5, 0.6) is 0 Å². The van der Waals surface area contributed by atoms with Gasteiger partial charge in [-0.1, -0.05) is 12.1 Å². The second-order valence-electron chi connectivity index (χ2n) is 4.77. The third kappa shape index (κ3) is 2.28. The fraction of sp³-hybridized carbons (Fsp3) is 0.125. The number of aryl methyl sites for hydroxylation is 1. The Morgan fingerprint density at radius 1 is 1.15 bits per heavy atom. The highest BCUT2D eigenvalue weighted by molar-refractivity contribution is 6.01. The number of aromatic nitrogens is 2. The van der Waals surface area contributed by atoms with Crippen molar-refractivity contribution in [1.82, 2.24) is 9.97 Å². The Bertz CT molecular complexity index is 730. The molecular weight excluding hydrogens is 248 g/mol. The van der Waals surface area contributed by atoms with Gasteiger partial charge in [-0.15, -0.1) is 0 Å². The van der Waals surface area contributed by atoms with Crippen LogP contribution in [0.3, 0.4) is 0 Å².